The molecule has 2 rings (SSSR count). The van der Waals surface area contributed by atoms with Gasteiger partial charge < -0.3 is 15.2 Å². The van der Waals surface area contributed by atoms with Gasteiger partial charge in [0.1, 0.15) is 0 Å². The van der Waals surface area contributed by atoms with E-state index in [1.807, 2.05) is 0 Å². The fourth-order valence-corrected chi connectivity index (χ4v) is 4.65. The molecule has 38 heavy (non-hydrogen) atoms. The number of unbranched alkanes of at least 4 members (excludes halogenated alkanes) is 7. The van der Waals surface area contributed by atoms with Crippen LogP contribution in [0.15, 0.2) is 46.8 Å². The highest BCUT2D eigenvalue weighted by Gasteiger charge is 2.45. The number of carbonyl (C=O) groups excluding carboxylic acids is 1. The first kappa shape index (κ1) is 30.9. The number of nitrogens with zero attached hydrogens (tertiary/aromatic N) is 1. The van der Waals surface area contributed by atoms with Gasteiger partial charge in [-0.25, -0.2) is 9.59 Å². The summed E-state index contributed by atoms with van der Waals surface area (Å²) < 4.78 is 46.4. The lowest BCUT2D eigenvalue weighted by atomic mass is 9.80. The first-order valence-corrected chi connectivity index (χ1v) is 12.8. The lowest BCUT2D eigenvalue weighted by Gasteiger charge is -2.31. The maximum absolute atomic E-state index is 13.8. The molecule has 1 aliphatic rings. The van der Waals surface area contributed by atoms with Crippen molar-refractivity contribution in [2.75, 3.05) is 0 Å². The van der Waals surface area contributed by atoms with Gasteiger partial charge in [-0.2, -0.15) is 13.2 Å². The normalized spacial score (nSPS) is 16.7. The fourth-order valence-electron chi connectivity index (χ4n) is 4.65. The molecule has 1 aliphatic heterocycles. The molecule has 210 valence electrons. The Morgan fingerprint density at radius 1 is 1.05 bits per heavy atom. The number of halogens is 3. The Morgan fingerprint density at radius 3 is 2.18 bits per heavy atom. The average Bonchev–Trinajstić information content (AvgIpc) is 2.83. The molecule has 1 aromatic carbocycles. The van der Waals surface area contributed by atoms with Crippen molar-refractivity contribution in [3.63, 3.8) is 0 Å². The SMILES string of the molecule is CCCCCCCCCCC(OC(=O)C1=C(C)NC(C)=C(C(=O)O)C1c1cccc([N+](=O)[O-])c1)C(F)(F)F. The van der Waals surface area contributed by atoms with E-state index in [1.165, 1.54) is 32.0 Å². The molecule has 0 amide bonds. The minimum absolute atomic E-state index is 0.0791. The van der Waals surface area contributed by atoms with Crippen molar-refractivity contribution in [3.05, 3.63) is 62.5 Å². The first-order valence-electron chi connectivity index (χ1n) is 12.8. The van der Waals surface area contributed by atoms with Crippen molar-refractivity contribution in [1.29, 1.82) is 0 Å². The van der Waals surface area contributed by atoms with E-state index in [1.54, 1.807) is 0 Å². The van der Waals surface area contributed by atoms with Gasteiger partial charge in [-0.3, -0.25) is 10.1 Å². The van der Waals surface area contributed by atoms with Gasteiger partial charge in [-0.1, -0.05) is 64.0 Å². The van der Waals surface area contributed by atoms with Crippen LogP contribution in [-0.4, -0.2) is 34.2 Å². The van der Waals surface area contributed by atoms with Gasteiger partial charge in [0.2, 0.25) is 0 Å². The number of carboxylic acids is 1. The van der Waals surface area contributed by atoms with Gasteiger partial charge in [0.15, 0.2) is 6.10 Å². The summed E-state index contributed by atoms with van der Waals surface area (Å²) in [4.78, 5) is 36.0. The van der Waals surface area contributed by atoms with Crippen molar-refractivity contribution in [1.82, 2.24) is 5.32 Å². The molecule has 0 spiro atoms. The number of benzene rings is 1. The monoisotopic (exact) mass is 540 g/mol. The number of hydrogen-bond acceptors (Lipinski definition) is 6. The lowest BCUT2D eigenvalue weighted by Crippen LogP contribution is -2.37. The van der Waals surface area contributed by atoms with Crippen LogP contribution in [0, 0.1) is 10.1 Å². The van der Waals surface area contributed by atoms with E-state index >= 15 is 0 Å². The average molecular weight is 541 g/mol. The first-order chi connectivity index (χ1) is 17.9. The molecule has 0 saturated heterocycles. The Bertz CT molecular complexity index is 1080. The summed E-state index contributed by atoms with van der Waals surface area (Å²) in [5.41, 5.74) is -0.642. The second-order valence-corrected chi connectivity index (χ2v) is 9.49. The lowest BCUT2D eigenvalue weighted by molar-refractivity contribution is -0.384. The predicted octanol–water partition coefficient (Wildman–Crippen LogP) is 6.92. The van der Waals surface area contributed by atoms with E-state index in [2.05, 4.69) is 12.2 Å². The zero-order chi connectivity index (χ0) is 28.5. The molecule has 2 N–H and O–H groups in total. The van der Waals surface area contributed by atoms with Gasteiger partial charge in [0.25, 0.3) is 5.69 Å². The van der Waals surface area contributed by atoms with Crippen molar-refractivity contribution in [3.8, 4) is 0 Å². The molecule has 0 aromatic heterocycles. The molecular weight excluding hydrogens is 505 g/mol. The molecule has 1 aromatic rings. The number of carbonyl (C=O) groups is 2. The highest BCUT2D eigenvalue weighted by molar-refractivity contribution is 5.99. The number of esters is 1. The van der Waals surface area contributed by atoms with Gasteiger partial charge >= 0.3 is 18.1 Å². The van der Waals surface area contributed by atoms with Crippen LogP contribution in [0.1, 0.15) is 90.0 Å². The number of dihydropyridines is 1. The molecule has 11 heteroatoms. The number of alkyl halides is 3. The molecule has 2 unspecified atom stereocenters. The summed E-state index contributed by atoms with van der Waals surface area (Å²) in [5, 5.41) is 23.9. The highest BCUT2D eigenvalue weighted by Crippen LogP contribution is 2.40. The van der Waals surface area contributed by atoms with E-state index in [0.29, 0.717) is 6.42 Å². The number of allylic oxidation sites excluding steroid dienone is 2. The number of nitro benzene ring substituents is 1. The smallest absolute Gasteiger partial charge is 0.425 e. The predicted molar refractivity (Wildman–Crippen MR) is 135 cm³/mol. The second-order valence-electron chi connectivity index (χ2n) is 9.49. The maximum atomic E-state index is 13.8. The topological polar surface area (TPSA) is 119 Å². The van der Waals surface area contributed by atoms with E-state index in [-0.39, 0.29) is 40.2 Å². The summed E-state index contributed by atoms with van der Waals surface area (Å²) in [5.74, 6) is -4.10. The third-order valence-electron chi connectivity index (χ3n) is 6.56. The third-order valence-corrected chi connectivity index (χ3v) is 6.56. The Balaban J connectivity index is 2.28. The summed E-state index contributed by atoms with van der Waals surface area (Å²) in [6.45, 7) is 4.97. The Labute approximate surface area is 220 Å². The molecule has 0 radical (unpaired) electrons. The van der Waals surface area contributed by atoms with Gasteiger partial charge in [-0.15, -0.1) is 0 Å². The Hall–Kier alpha value is -3.37. The van der Waals surface area contributed by atoms with Crippen LogP contribution < -0.4 is 5.32 Å². The second kappa shape index (κ2) is 14.0. The molecule has 8 nitrogen and oxygen atoms in total. The molecule has 0 saturated carbocycles. The number of rotatable bonds is 14. The van der Waals surface area contributed by atoms with E-state index < -0.39 is 41.5 Å². The van der Waals surface area contributed by atoms with Crippen LogP contribution in [0.5, 0.6) is 0 Å². The fraction of sp³-hybridized carbons (Fsp3) is 0.556. The van der Waals surface area contributed by atoms with Crippen molar-refractivity contribution >= 4 is 17.6 Å². The Kier molecular flexibility index (Phi) is 11.3. The van der Waals surface area contributed by atoms with Crippen molar-refractivity contribution in [2.45, 2.75) is 96.8 Å². The van der Waals surface area contributed by atoms with Crippen LogP contribution in [0.3, 0.4) is 0 Å². The van der Waals surface area contributed by atoms with Gasteiger partial charge in [0, 0.05) is 23.5 Å². The third kappa shape index (κ3) is 8.32. The highest BCUT2D eigenvalue weighted by atomic mass is 19.4. The summed E-state index contributed by atoms with van der Waals surface area (Å²) in [7, 11) is 0. The minimum Gasteiger partial charge on any atom is -0.478 e. The standard InChI is InChI=1S/C27H35F3N2O6/c1-4-5-6-7-8-9-10-11-15-21(27(28,29)30)38-26(35)23-18(3)31-17(2)22(25(33)34)24(23)19-13-12-14-20(16-19)32(36)37/h12-14,16,21,24,31H,4-11,15H2,1-3H3,(H,33,34). The van der Waals surface area contributed by atoms with E-state index in [4.69, 9.17) is 4.74 Å². The minimum atomic E-state index is -4.81. The zero-order valence-electron chi connectivity index (χ0n) is 21.9. The van der Waals surface area contributed by atoms with Crippen molar-refractivity contribution in [2.24, 2.45) is 0 Å². The van der Waals surface area contributed by atoms with Crippen molar-refractivity contribution < 1.29 is 37.5 Å². The van der Waals surface area contributed by atoms with Gasteiger partial charge in [0.05, 0.1) is 22.0 Å². The van der Waals surface area contributed by atoms with Crippen LogP contribution >= 0.6 is 0 Å². The van der Waals surface area contributed by atoms with Crippen LogP contribution in [0.4, 0.5) is 18.9 Å². The summed E-state index contributed by atoms with van der Waals surface area (Å²) in [6, 6.07) is 5.01. The Morgan fingerprint density at radius 2 is 1.63 bits per heavy atom. The number of ether oxygens (including phenoxy) is 1. The molecule has 2 atom stereocenters. The molecule has 1 heterocycles. The van der Waals surface area contributed by atoms with Crippen LogP contribution in [0.2, 0.25) is 0 Å². The number of hydrogen-bond donors (Lipinski definition) is 2. The number of aliphatic carboxylic acids is 1. The number of nitro groups is 1. The zero-order valence-corrected chi connectivity index (χ0v) is 21.9. The molecule has 0 aliphatic carbocycles. The quantitative estimate of drug-likeness (QED) is 0.114. The molecule has 0 bridgehead atoms. The molecular formula is C27H35F3N2O6. The van der Waals surface area contributed by atoms with E-state index in [0.717, 1.165) is 44.6 Å². The maximum Gasteiger partial charge on any atom is 0.425 e. The van der Waals surface area contributed by atoms with Gasteiger partial charge in [-0.05, 0) is 32.3 Å². The largest absolute Gasteiger partial charge is 0.478 e. The summed E-state index contributed by atoms with van der Waals surface area (Å²) in [6.07, 6.45) is -0.704. The summed E-state index contributed by atoms with van der Waals surface area (Å²) >= 11 is 0. The van der Waals surface area contributed by atoms with E-state index in [9.17, 15) is 38.0 Å². The molecule has 0 fully saturated rings. The van der Waals surface area contributed by atoms with Crippen LogP contribution in [0.25, 0.3) is 0 Å². The number of nitrogens with one attached hydrogen (secondary N) is 1. The number of carboxylic acid groups (broad SMARTS) is 1. The van der Waals surface area contributed by atoms with Crippen LogP contribution in [-0.2, 0) is 14.3 Å². The number of non-ortho nitro benzene ring substituents is 1.